The Kier molecular flexibility index (Phi) is 5.22. The Morgan fingerprint density at radius 1 is 1.18 bits per heavy atom. The molecule has 3 aliphatic heterocycles. The van der Waals surface area contributed by atoms with Crippen LogP contribution in [0.25, 0.3) is 5.57 Å². The molecule has 1 saturated heterocycles. The van der Waals surface area contributed by atoms with E-state index in [9.17, 15) is 8.42 Å². The molecule has 9 nitrogen and oxygen atoms in total. The average molecular weight is 486 g/mol. The van der Waals surface area contributed by atoms with Gasteiger partial charge in [-0.3, -0.25) is 4.98 Å². The Morgan fingerprint density at radius 2 is 1.97 bits per heavy atom. The number of aromatic nitrogens is 3. The number of sulfonamides is 1. The summed E-state index contributed by atoms with van der Waals surface area (Å²) in [5, 5.41) is 4.23. The number of piperidine rings is 1. The maximum absolute atomic E-state index is 11.8. The topological polar surface area (TPSA) is 102 Å². The van der Waals surface area contributed by atoms with Crippen molar-refractivity contribution in [3.8, 4) is 5.75 Å². The third-order valence-electron chi connectivity index (χ3n) is 7.90. The van der Waals surface area contributed by atoms with Gasteiger partial charge in [0.25, 0.3) is 5.95 Å². The second-order valence-corrected chi connectivity index (χ2v) is 12.4. The van der Waals surface area contributed by atoms with Gasteiger partial charge in [0.1, 0.15) is 11.9 Å². The van der Waals surface area contributed by atoms with Crippen molar-refractivity contribution in [2.24, 2.45) is 5.92 Å². The number of hydrogen-bond acceptors (Lipinski definition) is 8. The van der Waals surface area contributed by atoms with E-state index in [4.69, 9.17) is 9.26 Å². The van der Waals surface area contributed by atoms with Crippen molar-refractivity contribution in [3.05, 3.63) is 35.5 Å². The zero-order valence-electron chi connectivity index (χ0n) is 19.7. The number of pyridine rings is 1. The molecule has 5 heterocycles. The highest BCUT2D eigenvalue weighted by Crippen LogP contribution is 2.47. The molecule has 2 aromatic heterocycles. The van der Waals surface area contributed by atoms with E-state index in [1.165, 1.54) is 16.1 Å². The summed E-state index contributed by atoms with van der Waals surface area (Å²) in [5.74, 6) is 2.86. The first-order valence-corrected chi connectivity index (χ1v) is 14.0. The third-order valence-corrected chi connectivity index (χ3v) is 9.17. The summed E-state index contributed by atoms with van der Waals surface area (Å²) in [5.41, 5.74) is 3.34. The lowest BCUT2D eigenvalue weighted by molar-refractivity contribution is 0.138. The standard InChI is InChI=1S/C24H31N5O4S/c1-24(7-8-24)22-26-23(27-33-22)28-9-3-17(4-10-28)20-14-18-13-19(25-15-21(18)32-20)16-5-11-29(12-6-16)34(2,30)31/h5,13,15,17,20H,3-4,6-12,14H2,1-2H3/t20-/m0/s1. The van der Waals surface area contributed by atoms with E-state index in [1.54, 1.807) is 0 Å². The van der Waals surface area contributed by atoms with E-state index < -0.39 is 10.0 Å². The molecule has 34 heavy (non-hydrogen) atoms. The van der Waals surface area contributed by atoms with Crippen molar-refractivity contribution in [1.29, 1.82) is 0 Å². The Labute approximate surface area is 200 Å². The lowest BCUT2D eigenvalue weighted by Crippen LogP contribution is -2.39. The molecule has 0 bridgehead atoms. The van der Waals surface area contributed by atoms with Gasteiger partial charge in [0.15, 0.2) is 0 Å². The molecule has 0 aromatic carbocycles. The predicted molar refractivity (Wildman–Crippen MR) is 127 cm³/mol. The molecule has 0 unspecified atom stereocenters. The Hall–Kier alpha value is -2.46. The van der Waals surface area contributed by atoms with Gasteiger partial charge >= 0.3 is 0 Å². The van der Waals surface area contributed by atoms with Crippen LogP contribution in [0.4, 0.5) is 5.95 Å². The maximum Gasteiger partial charge on any atom is 0.266 e. The number of nitrogens with zero attached hydrogens (tertiary/aromatic N) is 5. The molecule has 0 spiro atoms. The summed E-state index contributed by atoms with van der Waals surface area (Å²) in [6.07, 6.45) is 11.1. The maximum atomic E-state index is 11.8. The summed E-state index contributed by atoms with van der Waals surface area (Å²) < 4.78 is 36.9. The van der Waals surface area contributed by atoms with Crippen LogP contribution in [-0.4, -0.2) is 66.4 Å². The van der Waals surface area contributed by atoms with Gasteiger partial charge in [-0.05, 0) is 54.8 Å². The molecule has 1 saturated carbocycles. The number of ether oxygens (including phenoxy) is 1. The summed E-state index contributed by atoms with van der Waals surface area (Å²) in [7, 11) is -3.15. The molecule has 4 aliphatic rings. The van der Waals surface area contributed by atoms with E-state index in [-0.39, 0.29) is 11.5 Å². The van der Waals surface area contributed by atoms with Gasteiger partial charge in [-0.25, -0.2) is 8.42 Å². The highest BCUT2D eigenvalue weighted by molar-refractivity contribution is 7.88. The minimum absolute atomic E-state index is 0.0979. The molecule has 182 valence electrons. The van der Waals surface area contributed by atoms with Crippen LogP contribution in [0.1, 0.15) is 56.2 Å². The van der Waals surface area contributed by atoms with Gasteiger partial charge in [0.05, 0.1) is 18.1 Å². The highest BCUT2D eigenvalue weighted by atomic mass is 32.2. The zero-order chi connectivity index (χ0) is 23.5. The molecule has 2 fully saturated rings. The molecule has 10 heteroatoms. The van der Waals surface area contributed by atoms with Crippen LogP contribution in [0.2, 0.25) is 0 Å². The summed E-state index contributed by atoms with van der Waals surface area (Å²) in [4.78, 5) is 11.5. The largest absolute Gasteiger partial charge is 0.488 e. The first-order chi connectivity index (χ1) is 16.3. The van der Waals surface area contributed by atoms with Gasteiger partial charge in [0.2, 0.25) is 15.9 Å². The van der Waals surface area contributed by atoms with Crippen LogP contribution in [0.5, 0.6) is 5.75 Å². The Morgan fingerprint density at radius 3 is 2.65 bits per heavy atom. The monoisotopic (exact) mass is 485 g/mol. The quantitative estimate of drug-likeness (QED) is 0.637. The fourth-order valence-electron chi connectivity index (χ4n) is 5.26. The highest BCUT2D eigenvalue weighted by Gasteiger charge is 2.45. The normalized spacial score (nSPS) is 25.1. The lowest BCUT2D eigenvalue weighted by atomic mass is 9.89. The van der Waals surface area contributed by atoms with Crippen molar-refractivity contribution in [1.82, 2.24) is 19.4 Å². The van der Waals surface area contributed by atoms with Crippen molar-refractivity contribution >= 4 is 21.5 Å². The van der Waals surface area contributed by atoms with Crippen LogP contribution < -0.4 is 9.64 Å². The molecule has 6 rings (SSSR count). The van der Waals surface area contributed by atoms with Gasteiger partial charge in [-0.15, -0.1) is 0 Å². The second kappa shape index (κ2) is 8.05. The van der Waals surface area contributed by atoms with E-state index in [0.29, 0.717) is 25.4 Å². The SMILES string of the molecule is CC1(c2nc(N3CCC([C@@H]4Cc5cc(C6=CCN(S(C)(=O)=O)CC6)ncc5O4)CC3)no2)CC1. The lowest BCUT2D eigenvalue weighted by Gasteiger charge is -2.33. The second-order valence-electron chi connectivity index (χ2n) is 10.4. The molecule has 2 aromatic rings. The average Bonchev–Trinajstić information content (AvgIpc) is 3.25. The van der Waals surface area contributed by atoms with E-state index in [2.05, 4.69) is 33.0 Å². The minimum Gasteiger partial charge on any atom is -0.488 e. The van der Waals surface area contributed by atoms with Crippen LogP contribution in [0, 0.1) is 5.92 Å². The summed E-state index contributed by atoms with van der Waals surface area (Å²) in [6.45, 7) is 4.91. The molecular formula is C24H31N5O4S. The molecule has 0 N–H and O–H groups in total. The molecule has 1 aliphatic carbocycles. The first kappa shape index (κ1) is 22.0. The van der Waals surface area contributed by atoms with E-state index in [1.807, 2.05) is 12.3 Å². The van der Waals surface area contributed by atoms with Crippen LogP contribution >= 0.6 is 0 Å². The minimum atomic E-state index is -3.15. The van der Waals surface area contributed by atoms with Crippen molar-refractivity contribution in [2.45, 2.75) is 57.0 Å². The van der Waals surface area contributed by atoms with Gasteiger partial charge in [0, 0.05) is 43.6 Å². The molecule has 0 radical (unpaired) electrons. The Balaban J connectivity index is 1.07. The first-order valence-electron chi connectivity index (χ1n) is 12.2. The van der Waals surface area contributed by atoms with Crippen molar-refractivity contribution in [3.63, 3.8) is 0 Å². The number of anilines is 1. The van der Waals surface area contributed by atoms with Crippen LogP contribution in [0.15, 0.2) is 22.9 Å². The molecule has 0 amide bonds. The fourth-order valence-corrected chi connectivity index (χ4v) is 6.02. The van der Waals surface area contributed by atoms with Gasteiger partial charge < -0.3 is 14.2 Å². The molecular weight excluding hydrogens is 454 g/mol. The third kappa shape index (κ3) is 4.11. The number of fused-ring (bicyclic) bond motifs is 1. The van der Waals surface area contributed by atoms with Crippen molar-refractivity contribution < 1.29 is 17.7 Å². The molecule has 1 atom stereocenters. The predicted octanol–water partition coefficient (Wildman–Crippen LogP) is 2.78. The van der Waals surface area contributed by atoms with Crippen LogP contribution in [0.3, 0.4) is 0 Å². The number of hydrogen-bond donors (Lipinski definition) is 0. The van der Waals surface area contributed by atoms with Crippen LogP contribution in [-0.2, 0) is 21.9 Å². The van der Waals surface area contributed by atoms with Gasteiger partial charge in [-0.2, -0.15) is 9.29 Å². The zero-order valence-corrected chi connectivity index (χ0v) is 20.6. The van der Waals surface area contributed by atoms with E-state index >= 15 is 0 Å². The summed E-state index contributed by atoms with van der Waals surface area (Å²) in [6, 6.07) is 2.13. The number of rotatable bonds is 5. The van der Waals surface area contributed by atoms with Crippen molar-refractivity contribution in [2.75, 3.05) is 37.3 Å². The Bertz CT molecular complexity index is 1230. The smallest absolute Gasteiger partial charge is 0.266 e. The fraction of sp³-hybridized carbons (Fsp3) is 0.625. The van der Waals surface area contributed by atoms with Gasteiger partial charge in [-0.1, -0.05) is 13.0 Å². The van der Waals surface area contributed by atoms with E-state index in [0.717, 1.165) is 74.0 Å². The summed E-state index contributed by atoms with van der Waals surface area (Å²) >= 11 is 0.